The first kappa shape index (κ1) is 11.9. The summed E-state index contributed by atoms with van der Waals surface area (Å²) < 4.78 is 0. The molecule has 0 bridgehead atoms. The first-order valence-corrected chi connectivity index (χ1v) is 6.20. The zero-order valence-corrected chi connectivity index (χ0v) is 9.89. The maximum Gasteiger partial charge on any atom is 0.101 e. The lowest BCUT2D eigenvalue weighted by Crippen LogP contribution is -2.25. The van der Waals surface area contributed by atoms with Crippen molar-refractivity contribution in [1.29, 1.82) is 5.26 Å². The molecule has 0 radical (unpaired) electrons. The minimum Gasteiger partial charge on any atom is -0.393 e. The van der Waals surface area contributed by atoms with Crippen molar-refractivity contribution < 1.29 is 5.11 Å². The van der Waals surface area contributed by atoms with E-state index in [1.54, 1.807) is 0 Å². The van der Waals surface area contributed by atoms with Crippen LogP contribution < -0.4 is 5.32 Å². The lowest BCUT2D eigenvalue weighted by molar-refractivity contribution is 0.105. The van der Waals surface area contributed by atoms with Crippen molar-refractivity contribution in [3.8, 4) is 6.07 Å². The predicted octanol–water partition coefficient (Wildman–Crippen LogP) is 2.52. The van der Waals surface area contributed by atoms with Crippen LogP contribution in [-0.2, 0) is 0 Å². The van der Waals surface area contributed by atoms with Crippen molar-refractivity contribution in [2.75, 3.05) is 11.9 Å². The summed E-state index contributed by atoms with van der Waals surface area (Å²) in [6.07, 6.45) is 3.95. The van der Waals surface area contributed by atoms with E-state index >= 15 is 0 Å². The molecular weight excluding hydrogens is 212 g/mol. The first-order valence-electron chi connectivity index (χ1n) is 6.20. The number of benzene rings is 1. The molecular formula is C14H18N2O. The molecule has 0 spiro atoms. The van der Waals surface area contributed by atoms with Gasteiger partial charge in [-0.1, -0.05) is 18.6 Å². The Kier molecular flexibility index (Phi) is 4.00. The van der Waals surface area contributed by atoms with Crippen molar-refractivity contribution in [2.45, 2.75) is 31.8 Å². The maximum absolute atomic E-state index is 9.60. The Labute approximate surface area is 102 Å². The molecule has 0 aliphatic heterocycles. The number of hydrogen-bond acceptors (Lipinski definition) is 3. The number of aliphatic hydroxyl groups excluding tert-OH is 1. The van der Waals surface area contributed by atoms with Gasteiger partial charge in [0.15, 0.2) is 0 Å². The van der Waals surface area contributed by atoms with Crippen LogP contribution in [0.25, 0.3) is 0 Å². The highest BCUT2D eigenvalue weighted by molar-refractivity contribution is 5.57. The number of nitrogens with one attached hydrogen (secondary N) is 1. The molecule has 2 N–H and O–H groups in total. The van der Waals surface area contributed by atoms with Crippen LogP contribution in [-0.4, -0.2) is 17.8 Å². The third-order valence-corrected chi connectivity index (χ3v) is 3.38. The number of para-hydroxylation sites is 1. The van der Waals surface area contributed by atoms with Crippen LogP contribution in [0.1, 0.15) is 31.2 Å². The van der Waals surface area contributed by atoms with E-state index in [9.17, 15) is 5.11 Å². The highest BCUT2D eigenvalue weighted by Crippen LogP contribution is 2.25. The topological polar surface area (TPSA) is 56.0 Å². The van der Waals surface area contributed by atoms with E-state index in [1.165, 1.54) is 6.42 Å². The molecule has 1 aromatic carbocycles. The van der Waals surface area contributed by atoms with Crippen molar-refractivity contribution in [3.63, 3.8) is 0 Å². The van der Waals surface area contributed by atoms with Crippen LogP contribution in [0.3, 0.4) is 0 Å². The largest absolute Gasteiger partial charge is 0.393 e. The van der Waals surface area contributed by atoms with Crippen molar-refractivity contribution >= 4 is 5.69 Å². The number of nitriles is 1. The molecule has 1 saturated carbocycles. The second-order valence-corrected chi connectivity index (χ2v) is 4.72. The molecule has 1 aliphatic carbocycles. The number of hydrogen-bond donors (Lipinski definition) is 2. The zero-order chi connectivity index (χ0) is 12.1. The molecule has 1 aliphatic rings. The van der Waals surface area contributed by atoms with Gasteiger partial charge in [0.05, 0.1) is 17.4 Å². The zero-order valence-electron chi connectivity index (χ0n) is 9.89. The summed E-state index contributed by atoms with van der Waals surface area (Å²) in [6, 6.07) is 9.72. The van der Waals surface area contributed by atoms with Crippen LogP contribution in [0.2, 0.25) is 0 Å². The van der Waals surface area contributed by atoms with E-state index in [0.29, 0.717) is 11.5 Å². The summed E-state index contributed by atoms with van der Waals surface area (Å²) in [5.41, 5.74) is 1.58. The highest BCUT2D eigenvalue weighted by Gasteiger charge is 2.19. The van der Waals surface area contributed by atoms with Crippen LogP contribution in [0.5, 0.6) is 0 Å². The number of aliphatic hydroxyl groups is 1. The first-order chi connectivity index (χ1) is 8.29. The van der Waals surface area contributed by atoms with E-state index in [1.807, 2.05) is 24.3 Å². The molecule has 3 heteroatoms. The highest BCUT2D eigenvalue weighted by atomic mass is 16.3. The summed E-state index contributed by atoms with van der Waals surface area (Å²) in [5, 5.41) is 21.9. The Hall–Kier alpha value is -1.53. The number of anilines is 1. The fourth-order valence-electron chi connectivity index (χ4n) is 2.44. The van der Waals surface area contributed by atoms with Gasteiger partial charge in [0.1, 0.15) is 6.07 Å². The molecule has 2 unspecified atom stereocenters. The lowest BCUT2D eigenvalue weighted by Gasteiger charge is -2.26. The van der Waals surface area contributed by atoms with Gasteiger partial charge in [-0.15, -0.1) is 0 Å². The fourth-order valence-corrected chi connectivity index (χ4v) is 2.44. The normalized spacial score (nSPS) is 24.0. The Morgan fingerprint density at radius 3 is 2.94 bits per heavy atom. The summed E-state index contributed by atoms with van der Waals surface area (Å²) in [4.78, 5) is 0. The van der Waals surface area contributed by atoms with Crippen molar-refractivity contribution in [3.05, 3.63) is 29.8 Å². The van der Waals surface area contributed by atoms with Crippen molar-refractivity contribution in [2.24, 2.45) is 5.92 Å². The number of nitrogens with zero attached hydrogens (tertiary/aromatic N) is 1. The SMILES string of the molecule is N#Cc1ccccc1NCC1CCCC(O)C1. The Bertz CT molecular complexity index is 411. The average Bonchev–Trinajstić information content (AvgIpc) is 2.37. The molecule has 1 fully saturated rings. The molecule has 17 heavy (non-hydrogen) atoms. The van der Waals surface area contributed by atoms with E-state index in [2.05, 4.69) is 11.4 Å². The van der Waals surface area contributed by atoms with E-state index in [0.717, 1.165) is 31.5 Å². The second kappa shape index (κ2) is 5.70. The van der Waals surface area contributed by atoms with Gasteiger partial charge in [-0.3, -0.25) is 0 Å². The van der Waals surface area contributed by atoms with Gasteiger partial charge < -0.3 is 10.4 Å². The number of rotatable bonds is 3. The van der Waals surface area contributed by atoms with Gasteiger partial charge in [0.25, 0.3) is 0 Å². The third-order valence-electron chi connectivity index (χ3n) is 3.38. The van der Waals surface area contributed by atoms with Crippen LogP contribution in [0.4, 0.5) is 5.69 Å². The van der Waals surface area contributed by atoms with Crippen LogP contribution in [0.15, 0.2) is 24.3 Å². The minimum atomic E-state index is -0.137. The standard InChI is InChI=1S/C14H18N2O/c15-9-12-5-1-2-7-14(12)16-10-11-4-3-6-13(17)8-11/h1-2,5,7,11,13,16-17H,3-4,6,8,10H2. The summed E-state index contributed by atoms with van der Waals surface area (Å²) in [5.74, 6) is 0.519. The Morgan fingerprint density at radius 2 is 2.18 bits per heavy atom. The predicted molar refractivity (Wildman–Crippen MR) is 67.6 cm³/mol. The van der Waals surface area contributed by atoms with Crippen LogP contribution >= 0.6 is 0 Å². The monoisotopic (exact) mass is 230 g/mol. The van der Waals surface area contributed by atoms with E-state index in [4.69, 9.17) is 5.26 Å². The Balaban J connectivity index is 1.91. The molecule has 0 heterocycles. The summed E-state index contributed by atoms with van der Waals surface area (Å²) >= 11 is 0. The molecule has 0 aromatic heterocycles. The summed E-state index contributed by atoms with van der Waals surface area (Å²) in [7, 11) is 0. The smallest absolute Gasteiger partial charge is 0.101 e. The van der Waals surface area contributed by atoms with Gasteiger partial charge >= 0.3 is 0 Å². The molecule has 1 aromatic rings. The maximum atomic E-state index is 9.60. The fraction of sp³-hybridized carbons (Fsp3) is 0.500. The molecule has 2 atom stereocenters. The van der Waals surface area contributed by atoms with Gasteiger partial charge in [-0.05, 0) is 37.3 Å². The molecule has 2 rings (SSSR count). The Morgan fingerprint density at radius 1 is 1.35 bits per heavy atom. The van der Waals surface area contributed by atoms with Gasteiger partial charge in [-0.2, -0.15) is 5.26 Å². The third kappa shape index (κ3) is 3.21. The van der Waals surface area contributed by atoms with Gasteiger partial charge in [0, 0.05) is 6.54 Å². The van der Waals surface area contributed by atoms with E-state index < -0.39 is 0 Å². The average molecular weight is 230 g/mol. The minimum absolute atomic E-state index is 0.137. The molecule has 3 nitrogen and oxygen atoms in total. The van der Waals surface area contributed by atoms with E-state index in [-0.39, 0.29) is 6.10 Å². The summed E-state index contributed by atoms with van der Waals surface area (Å²) in [6.45, 7) is 0.843. The van der Waals surface area contributed by atoms with Gasteiger partial charge in [0.2, 0.25) is 0 Å². The lowest BCUT2D eigenvalue weighted by atomic mass is 9.87. The van der Waals surface area contributed by atoms with Crippen molar-refractivity contribution in [1.82, 2.24) is 0 Å². The van der Waals surface area contributed by atoms with Crippen LogP contribution in [0, 0.1) is 17.2 Å². The second-order valence-electron chi connectivity index (χ2n) is 4.72. The van der Waals surface area contributed by atoms with Gasteiger partial charge in [-0.25, -0.2) is 0 Å². The molecule has 0 saturated heterocycles. The molecule has 0 amide bonds. The molecule has 90 valence electrons. The quantitative estimate of drug-likeness (QED) is 0.839.